The molecule has 276 valence electrons. The zero-order valence-corrected chi connectivity index (χ0v) is 31.6. The molecule has 0 spiro atoms. The Labute approximate surface area is 318 Å². The first-order valence-corrected chi connectivity index (χ1v) is 20.5. The highest BCUT2D eigenvalue weighted by molar-refractivity contribution is 5.83. The van der Waals surface area contributed by atoms with E-state index in [1.54, 1.807) is 0 Å². The topological polar surface area (TPSA) is 25.0 Å². The number of likely N-dealkylation sites (tertiary alicyclic amines) is 1. The van der Waals surface area contributed by atoms with Crippen LogP contribution < -0.4 is 5.32 Å². The van der Waals surface area contributed by atoms with Crippen LogP contribution in [0.15, 0.2) is 133 Å². The number of hydrogen-bond donors (Lipinski definition) is 1. The minimum absolute atomic E-state index is 0.481. The van der Waals surface area contributed by atoms with Gasteiger partial charge in [0.1, 0.15) is 0 Å². The molecular weight excluding hydrogens is 647 g/mol. The second-order valence-electron chi connectivity index (χ2n) is 16.0. The zero-order chi connectivity index (χ0) is 35.7. The first-order chi connectivity index (χ1) is 26.2. The normalized spacial score (nSPS) is 22.7. The van der Waals surface area contributed by atoms with Crippen molar-refractivity contribution in [2.75, 3.05) is 65.4 Å². The van der Waals surface area contributed by atoms with Crippen molar-refractivity contribution in [3.05, 3.63) is 156 Å². The van der Waals surface area contributed by atoms with Crippen LogP contribution in [0.4, 0.5) is 0 Å². The Hall–Kier alpha value is -3.84. The van der Waals surface area contributed by atoms with E-state index < -0.39 is 0 Å². The summed E-state index contributed by atoms with van der Waals surface area (Å²) < 4.78 is 0. The summed E-state index contributed by atoms with van der Waals surface area (Å²) in [5.74, 6) is 0. The molecule has 0 aromatic heterocycles. The zero-order valence-electron chi connectivity index (χ0n) is 31.6. The van der Waals surface area contributed by atoms with Gasteiger partial charge in [-0.15, -0.1) is 0 Å². The van der Waals surface area contributed by atoms with Crippen LogP contribution in [0.2, 0.25) is 0 Å². The Bertz CT molecular complexity index is 1830. The van der Waals surface area contributed by atoms with Crippen LogP contribution in [0.5, 0.6) is 0 Å². The summed E-state index contributed by atoms with van der Waals surface area (Å²) in [5.41, 5.74) is 5.83. The third-order valence-electron chi connectivity index (χ3n) is 12.5. The van der Waals surface area contributed by atoms with Crippen molar-refractivity contribution in [1.82, 2.24) is 24.9 Å². The largest absolute Gasteiger partial charge is 0.314 e. The number of benzene rings is 5. The van der Waals surface area contributed by atoms with Gasteiger partial charge in [-0.25, -0.2) is 0 Å². The molecule has 3 aliphatic rings. The lowest BCUT2D eigenvalue weighted by atomic mass is 9.96. The van der Waals surface area contributed by atoms with Gasteiger partial charge in [0, 0.05) is 83.1 Å². The number of rotatable bonds is 14. The molecule has 3 fully saturated rings. The number of nitrogens with one attached hydrogen (secondary N) is 1. The van der Waals surface area contributed by atoms with Gasteiger partial charge in [0.25, 0.3) is 0 Å². The third kappa shape index (κ3) is 9.64. The summed E-state index contributed by atoms with van der Waals surface area (Å²) in [6, 6.07) is 51.7. The number of fused-ring (bicyclic) bond motifs is 1. The standard InChI is InChI=1S/C48H59N5/c1-4-13-39(14-5-1)24-27-50-29-30-53(37-47(50)33-41-17-8-3-9-18-41)48(34-42-22-23-43-19-10-11-20-44(43)31-42)38-51-26-12-21-45(51)36-52-28-25-49-35-46(52)32-40-15-6-2-7-16-40/h1-11,13-20,22-23,31,45-49H,12,21,24-30,32-38H2/t45?,46-,47-,48+/m0/s1. The van der Waals surface area contributed by atoms with E-state index in [9.17, 15) is 0 Å². The highest BCUT2D eigenvalue weighted by Crippen LogP contribution is 2.26. The molecule has 3 aliphatic heterocycles. The van der Waals surface area contributed by atoms with Crippen molar-refractivity contribution >= 4 is 10.8 Å². The van der Waals surface area contributed by atoms with E-state index in [1.165, 1.54) is 59.0 Å². The van der Waals surface area contributed by atoms with Gasteiger partial charge < -0.3 is 5.32 Å². The fraction of sp³-hybridized carbons (Fsp3) is 0.417. The van der Waals surface area contributed by atoms with Crippen molar-refractivity contribution in [2.45, 2.75) is 62.7 Å². The van der Waals surface area contributed by atoms with Crippen molar-refractivity contribution in [1.29, 1.82) is 0 Å². The minimum Gasteiger partial charge on any atom is -0.314 e. The first kappa shape index (κ1) is 36.2. The fourth-order valence-corrected chi connectivity index (χ4v) is 9.50. The molecule has 3 heterocycles. The molecule has 5 nitrogen and oxygen atoms in total. The van der Waals surface area contributed by atoms with Crippen molar-refractivity contribution in [3.8, 4) is 0 Å². The molecule has 53 heavy (non-hydrogen) atoms. The quantitative estimate of drug-likeness (QED) is 0.132. The van der Waals surface area contributed by atoms with Crippen LogP contribution in [0.25, 0.3) is 10.8 Å². The fourth-order valence-electron chi connectivity index (χ4n) is 9.50. The highest BCUT2D eigenvalue weighted by Gasteiger charge is 2.36. The second-order valence-corrected chi connectivity index (χ2v) is 16.0. The Morgan fingerprint density at radius 3 is 2.00 bits per heavy atom. The van der Waals surface area contributed by atoms with Gasteiger partial charge in [-0.1, -0.05) is 133 Å². The maximum absolute atomic E-state index is 3.71. The Morgan fingerprint density at radius 2 is 1.25 bits per heavy atom. The van der Waals surface area contributed by atoms with E-state index in [0.29, 0.717) is 24.2 Å². The Balaban J connectivity index is 1.01. The number of nitrogens with zero attached hydrogens (tertiary/aromatic N) is 4. The predicted molar refractivity (Wildman–Crippen MR) is 222 cm³/mol. The monoisotopic (exact) mass is 705 g/mol. The van der Waals surface area contributed by atoms with Gasteiger partial charge in [0.05, 0.1) is 0 Å². The minimum atomic E-state index is 0.481. The van der Waals surface area contributed by atoms with E-state index >= 15 is 0 Å². The van der Waals surface area contributed by atoms with E-state index in [0.717, 1.165) is 78.0 Å². The van der Waals surface area contributed by atoms with Crippen LogP contribution in [0.1, 0.15) is 35.1 Å². The van der Waals surface area contributed by atoms with E-state index in [-0.39, 0.29) is 0 Å². The summed E-state index contributed by atoms with van der Waals surface area (Å²) >= 11 is 0. The SMILES string of the molecule is c1ccc(CCN2CCN([C@H](Cc3ccc4ccccc4c3)CN3CCCC3CN3CCNC[C@@H]3Cc3ccccc3)C[C@@H]2Cc2ccccc2)cc1. The molecule has 1 N–H and O–H groups in total. The number of hydrogen-bond acceptors (Lipinski definition) is 5. The van der Waals surface area contributed by atoms with Gasteiger partial charge in [-0.05, 0) is 78.1 Å². The summed E-state index contributed by atoms with van der Waals surface area (Å²) in [6.45, 7) is 11.4. The molecule has 0 radical (unpaired) electrons. The molecule has 5 aromatic carbocycles. The first-order valence-electron chi connectivity index (χ1n) is 20.5. The molecule has 4 atom stereocenters. The van der Waals surface area contributed by atoms with Crippen molar-refractivity contribution in [2.24, 2.45) is 0 Å². The molecule has 5 heteroatoms. The summed E-state index contributed by atoms with van der Waals surface area (Å²) in [7, 11) is 0. The van der Waals surface area contributed by atoms with E-state index in [2.05, 4.69) is 158 Å². The van der Waals surface area contributed by atoms with Crippen LogP contribution in [-0.4, -0.2) is 109 Å². The molecule has 1 unspecified atom stereocenters. The molecule has 0 saturated carbocycles. The van der Waals surface area contributed by atoms with Crippen molar-refractivity contribution < 1.29 is 0 Å². The lowest BCUT2D eigenvalue weighted by Gasteiger charge is -2.46. The summed E-state index contributed by atoms with van der Waals surface area (Å²) in [5, 5.41) is 6.41. The van der Waals surface area contributed by atoms with Gasteiger partial charge >= 0.3 is 0 Å². The van der Waals surface area contributed by atoms with Crippen LogP contribution >= 0.6 is 0 Å². The molecule has 5 aromatic rings. The van der Waals surface area contributed by atoms with E-state index in [4.69, 9.17) is 0 Å². The van der Waals surface area contributed by atoms with E-state index in [1.807, 2.05) is 0 Å². The maximum Gasteiger partial charge on any atom is 0.0264 e. The van der Waals surface area contributed by atoms with Gasteiger partial charge in [0.2, 0.25) is 0 Å². The van der Waals surface area contributed by atoms with Crippen LogP contribution in [0, 0.1) is 0 Å². The Morgan fingerprint density at radius 1 is 0.566 bits per heavy atom. The highest BCUT2D eigenvalue weighted by atomic mass is 15.3. The lowest BCUT2D eigenvalue weighted by Crippen LogP contribution is -2.60. The predicted octanol–water partition coefficient (Wildman–Crippen LogP) is 7.20. The maximum atomic E-state index is 3.71. The van der Waals surface area contributed by atoms with Crippen molar-refractivity contribution in [3.63, 3.8) is 0 Å². The number of piperazine rings is 2. The Kier molecular flexibility index (Phi) is 12.3. The van der Waals surface area contributed by atoms with Gasteiger partial charge in [-0.2, -0.15) is 0 Å². The lowest BCUT2D eigenvalue weighted by molar-refractivity contribution is 0.0299. The smallest absolute Gasteiger partial charge is 0.0264 e. The van der Waals surface area contributed by atoms with Crippen LogP contribution in [-0.2, 0) is 25.7 Å². The molecule has 0 amide bonds. The molecule has 0 bridgehead atoms. The van der Waals surface area contributed by atoms with Gasteiger partial charge in [-0.3, -0.25) is 19.6 Å². The van der Waals surface area contributed by atoms with Gasteiger partial charge in [0.15, 0.2) is 0 Å². The third-order valence-corrected chi connectivity index (χ3v) is 12.5. The molecular formula is C48H59N5. The second kappa shape index (κ2) is 18.0. The molecule has 8 rings (SSSR count). The summed E-state index contributed by atoms with van der Waals surface area (Å²) in [4.78, 5) is 11.4. The summed E-state index contributed by atoms with van der Waals surface area (Å²) in [6.07, 6.45) is 7.07. The molecule has 0 aliphatic carbocycles. The molecule has 3 saturated heterocycles. The average molecular weight is 706 g/mol. The van der Waals surface area contributed by atoms with Crippen LogP contribution in [0.3, 0.4) is 0 Å². The average Bonchev–Trinajstić information content (AvgIpc) is 3.65.